The van der Waals surface area contributed by atoms with Crippen molar-refractivity contribution in [1.29, 1.82) is 0 Å². The van der Waals surface area contributed by atoms with Gasteiger partial charge in [-0.2, -0.15) is 26.3 Å². The van der Waals surface area contributed by atoms with E-state index in [4.69, 9.17) is 10.6 Å². The van der Waals surface area contributed by atoms with E-state index >= 15 is 0 Å². The summed E-state index contributed by atoms with van der Waals surface area (Å²) in [5.74, 6) is 3.22. The van der Waals surface area contributed by atoms with Crippen LogP contribution in [0.5, 0.6) is 11.6 Å². The summed E-state index contributed by atoms with van der Waals surface area (Å²) in [4.78, 5) is 27.9. The summed E-state index contributed by atoms with van der Waals surface area (Å²) >= 11 is 2.93. The fourth-order valence-electron chi connectivity index (χ4n) is 2.49. The van der Waals surface area contributed by atoms with Crippen molar-refractivity contribution in [3.8, 4) is 17.3 Å². The smallest absolute Gasteiger partial charge is 0.433 e. The van der Waals surface area contributed by atoms with Crippen molar-refractivity contribution in [3.63, 3.8) is 0 Å². The molecule has 0 radical (unpaired) electrons. The predicted octanol–water partition coefficient (Wildman–Crippen LogP) is 3.84. The van der Waals surface area contributed by atoms with E-state index in [1.807, 2.05) is 0 Å². The number of benzene rings is 1. The maximum atomic E-state index is 14.5. The van der Waals surface area contributed by atoms with E-state index in [0.717, 1.165) is 18.2 Å². The van der Waals surface area contributed by atoms with Gasteiger partial charge in [0.1, 0.15) is 11.6 Å². The number of aromatic nitrogens is 3. The molecule has 0 aliphatic rings. The minimum Gasteiger partial charge on any atom is -0.438 e. The van der Waals surface area contributed by atoms with E-state index in [2.05, 4.69) is 20.9 Å². The number of nitrogens with zero attached hydrogens (tertiary/aromatic N) is 3. The summed E-state index contributed by atoms with van der Waals surface area (Å²) in [6.45, 7) is 0. The van der Waals surface area contributed by atoms with Crippen molar-refractivity contribution in [2.45, 2.75) is 12.4 Å². The van der Waals surface area contributed by atoms with Crippen LogP contribution in [0.3, 0.4) is 0 Å². The van der Waals surface area contributed by atoms with Crippen LogP contribution in [0.4, 0.5) is 30.7 Å². The van der Waals surface area contributed by atoms with E-state index in [-0.39, 0.29) is 31.4 Å². The Morgan fingerprint density at radius 1 is 1.00 bits per heavy atom. The molecule has 0 fully saturated rings. The Labute approximate surface area is 180 Å². The molecule has 2 aromatic heterocycles. The molecule has 3 aromatic rings. The summed E-state index contributed by atoms with van der Waals surface area (Å²) < 4.78 is 95.9. The second kappa shape index (κ2) is 7.96. The molecule has 2 N–H and O–H groups in total. The Kier molecular flexibility index (Phi) is 5.80. The number of halogens is 8. The highest BCUT2D eigenvalue weighted by atomic mass is 79.9. The summed E-state index contributed by atoms with van der Waals surface area (Å²) in [6, 6.07) is 3.00. The summed E-state index contributed by atoms with van der Waals surface area (Å²) in [7, 11) is 0. The molecule has 170 valence electrons. The van der Waals surface area contributed by atoms with Gasteiger partial charge in [-0.05, 0) is 28.1 Å². The molecule has 7 nitrogen and oxygen atoms in total. The van der Waals surface area contributed by atoms with Gasteiger partial charge in [-0.15, -0.1) is 0 Å². The topological polar surface area (TPSA) is 92.1 Å². The summed E-state index contributed by atoms with van der Waals surface area (Å²) in [5, 5.41) is 0. The number of hydrogen-bond acceptors (Lipinski definition) is 5. The van der Waals surface area contributed by atoms with Crippen LogP contribution in [-0.4, -0.2) is 14.2 Å². The zero-order valence-electron chi connectivity index (χ0n) is 15.1. The van der Waals surface area contributed by atoms with Crippen molar-refractivity contribution in [1.82, 2.24) is 14.2 Å². The maximum absolute atomic E-state index is 14.5. The third kappa shape index (κ3) is 4.46. The van der Waals surface area contributed by atoms with Gasteiger partial charge in [0.25, 0.3) is 5.56 Å². The number of rotatable bonds is 3. The van der Waals surface area contributed by atoms with Gasteiger partial charge < -0.3 is 10.6 Å². The van der Waals surface area contributed by atoms with Gasteiger partial charge in [0.2, 0.25) is 5.88 Å². The molecule has 0 aliphatic carbocycles. The molecular weight excluding hydrogens is 521 g/mol. The Hall–Kier alpha value is -3.36. The van der Waals surface area contributed by atoms with Crippen molar-refractivity contribution < 1.29 is 35.5 Å². The molecule has 0 bridgehead atoms. The van der Waals surface area contributed by atoms with E-state index in [9.17, 15) is 40.3 Å². The average Bonchev–Trinajstić information content (AvgIpc) is 2.67. The number of ether oxygens (including phenoxy) is 1. The molecule has 0 spiro atoms. The van der Waals surface area contributed by atoms with Gasteiger partial charge in [-0.1, -0.05) is 0 Å². The first-order chi connectivity index (χ1) is 14.7. The first-order valence-corrected chi connectivity index (χ1v) is 8.91. The summed E-state index contributed by atoms with van der Waals surface area (Å²) in [5.41, 5.74) is -6.89. The average molecular weight is 529 g/mol. The van der Waals surface area contributed by atoms with Gasteiger partial charge in [0.15, 0.2) is 5.69 Å². The summed E-state index contributed by atoms with van der Waals surface area (Å²) in [6.07, 6.45) is -9.31. The van der Waals surface area contributed by atoms with Gasteiger partial charge >= 0.3 is 18.0 Å². The minimum absolute atomic E-state index is 0.000826. The normalized spacial score (nSPS) is 12.1. The van der Waals surface area contributed by atoms with Crippen LogP contribution >= 0.6 is 15.9 Å². The van der Waals surface area contributed by atoms with Gasteiger partial charge in [0, 0.05) is 24.4 Å². The first kappa shape index (κ1) is 23.3. The van der Waals surface area contributed by atoms with E-state index in [1.54, 1.807) is 0 Å². The van der Waals surface area contributed by atoms with Crippen molar-refractivity contribution in [2.75, 3.05) is 5.84 Å². The largest absolute Gasteiger partial charge is 0.438 e. The zero-order valence-corrected chi connectivity index (χ0v) is 16.7. The highest BCUT2D eigenvalue weighted by Gasteiger charge is 2.36. The molecule has 0 aliphatic heterocycles. The van der Waals surface area contributed by atoms with Crippen molar-refractivity contribution >= 4 is 15.9 Å². The molecule has 0 saturated heterocycles. The molecule has 32 heavy (non-hydrogen) atoms. The Morgan fingerprint density at radius 3 is 2.19 bits per heavy atom. The molecule has 0 saturated carbocycles. The van der Waals surface area contributed by atoms with Gasteiger partial charge in [-0.25, -0.2) is 23.4 Å². The third-order valence-electron chi connectivity index (χ3n) is 3.95. The Bertz CT molecular complexity index is 1300. The zero-order chi connectivity index (χ0) is 24.0. The van der Waals surface area contributed by atoms with E-state index in [0.29, 0.717) is 12.3 Å². The van der Waals surface area contributed by atoms with Gasteiger partial charge in [-0.3, -0.25) is 4.79 Å². The van der Waals surface area contributed by atoms with Crippen LogP contribution in [0, 0.1) is 5.82 Å². The molecule has 3 rings (SSSR count). The SMILES string of the molecule is Nn1c(C(F)(F)F)cc(=O)n(-c2cc(Oc3ccc(C(F)(F)F)cn3)c(Br)cc2F)c1=O. The minimum atomic E-state index is -5.13. The molecule has 0 amide bonds. The molecule has 0 unspecified atom stereocenters. The molecule has 2 heterocycles. The molecule has 0 atom stereocenters. The number of hydrogen-bond donors (Lipinski definition) is 1. The highest BCUT2D eigenvalue weighted by molar-refractivity contribution is 9.10. The standard InChI is InChI=1S/C17H8BrF7N4O3/c18-8-3-9(19)10(28-14(30)5-12(17(23,24)25)29(26)15(28)31)4-11(8)32-13-2-1-7(6-27-13)16(20,21)22/h1-6H,26H2. The Morgan fingerprint density at radius 2 is 1.66 bits per heavy atom. The number of nitrogen functional groups attached to an aromatic ring is 1. The second-order valence-electron chi connectivity index (χ2n) is 6.07. The first-order valence-electron chi connectivity index (χ1n) is 8.12. The molecule has 15 heteroatoms. The Balaban J connectivity index is 2.10. The number of nitrogens with two attached hydrogens (primary N) is 1. The lowest BCUT2D eigenvalue weighted by molar-refractivity contribution is -0.143. The monoisotopic (exact) mass is 528 g/mol. The van der Waals surface area contributed by atoms with Crippen LogP contribution in [-0.2, 0) is 12.4 Å². The van der Waals surface area contributed by atoms with Crippen LogP contribution in [0.25, 0.3) is 5.69 Å². The molecule has 1 aromatic carbocycles. The number of alkyl halides is 6. The van der Waals surface area contributed by atoms with Crippen LogP contribution in [0.2, 0.25) is 0 Å². The lowest BCUT2D eigenvalue weighted by atomic mass is 10.2. The van der Waals surface area contributed by atoms with Crippen molar-refractivity contribution in [2.24, 2.45) is 0 Å². The molecular formula is C17H8BrF7N4O3. The highest BCUT2D eigenvalue weighted by Crippen LogP contribution is 2.34. The van der Waals surface area contributed by atoms with Crippen LogP contribution in [0.15, 0.2) is 50.6 Å². The lowest BCUT2D eigenvalue weighted by Crippen LogP contribution is -2.45. The van der Waals surface area contributed by atoms with Gasteiger partial charge in [0.05, 0.1) is 15.7 Å². The second-order valence-corrected chi connectivity index (χ2v) is 6.93. The van der Waals surface area contributed by atoms with Crippen molar-refractivity contribution in [3.05, 3.63) is 78.9 Å². The van der Waals surface area contributed by atoms with E-state index < -0.39 is 46.4 Å². The third-order valence-corrected chi connectivity index (χ3v) is 4.57. The van der Waals surface area contributed by atoms with E-state index in [1.165, 1.54) is 0 Å². The fourth-order valence-corrected chi connectivity index (χ4v) is 2.88. The van der Waals surface area contributed by atoms with Crippen LogP contribution in [0.1, 0.15) is 11.3 Å². The number of pyridine rings is 1. The lowest BCUT2D eigenvalue weighted by Gasteiger charge is -2.15. The quantitative estimate of drug-likeness (QED) is 0.412. The predicted molar refractivity (Wildman–Crippen MR) is 98.4 cm³/mol. The fraction of sp³-hybridized carbons (Fsp3) is 0.118. The van der Waals surface area contributed by atoms with Crippen LogP contribution < -0.4 is 21.8 Å². The maximum Gasteiger partial charge on any atom is 0.433 e.